The summed E-state index contributed by atoms with van der Waals surface area (Å²) >= 11 is 0. The molecule has 38 heavy (non-hydrogen) atoms. The van der Waals surface area contributed by atoms with E-state index in [2.05, 4.69) is 146 Å². The minimum atomic E-state index is 1.31. The fourth-order valence-corrected chi connectivity index (χ4v) is 6.33. The highest BCUT2D eigenvalue weighted by molar-refractivity contribution is 6.33. The predicted octanol–water partition coefficient (Wildman–Crippen LogP) is 10.9. The minimum absolute atomic E-state index is 1.31. The van der Waals surface area contributed by atoms with Gasteiger partial charge in [0.25, 0.3) is 0 Å². The second-order valence-electron chi connectivity index (χ2n) is 10.1. The van der Waals surface area contributed by atoms with Crippen molar-refractivity contribution in [1.29, 1.82) is 0 Å². The zero-order valence-electron chi connectivity index (χ0n) is 20.9. The largest absolute Gasteiger partial charge is 0.0616 e. The molecule has 0 amide bonds. The van der Waals surface area contributed by atoms with Crippen LogP contribution in [-0.2, 0) is 0 Å². The van der Waals surface area contributed by atoms with E-state index in [1.165, 1.54) is 75.4 Å². The maximum absolute atomic E-state index is 2.25. The van der Waals surface area contributed by atoms with Crippen LogP contribution in [0.3, 0.4) is 0 Å². The first kappa shape index (κ1) is 21.2. The lowest BCUT2D eigenvalue weighted by molar-refractivity contribution is 1.77. The molecule has 0 nitrogen and oxygen atoms in total. The number of benzene rings is 9. The summed E-state index contributed by atoms with van der Waals surface area (Å²) < 4.78 is 0. The minimum Gasteiger partial charge on any atom is -0.0616 e. The van der Waals surface area contributed by atoms with Gasteiger partial charge in [-0.25, -0.2) is 0 Å². The van der Waals surface area contributed by atoms with Gasteiger partial charge in [-0.1, -0.05) is 146 Å². The molecule has 0 spiro atoms. The molecule has 0 heteroatoms. The van der Waals surface area contributed by atoms with Gasteiger partial charge in [0.1, 0.15) is 0 Å². The summed E-state index contributed by atoms with van der Waals surface area (Å²) in [6.45, 7) is 0. The van der Waals surface area contributed by atoms with Crippen molar-refractivity contribution in [1.82, 2.24) is 0 Å². The van der Waals surface area contributed by atoms with E-state index in [4.69, 9.17) is 0 Å². The molecule has 0 aliphatic rings. The van der Waals surface area contributed by atoms with Crippen molar-refractivity contribution in [2.45, 2.75) is 0 Å². The molecule has 0 N–H and O–H groups in total. The third kappa shape index (κ3) is 3.11. The number of rotatable bonds is 0. The summed E-state index contributed by atoms with van der Waals surface area (Å²) in [6, 6.07) is 52.5. The highest BCUT2D eigenvalue weighted by atomic mass is 14.1. The molecule has 176 valence electrons. The summed E-state index contributed by atoms with van der Waals surface area (Å²) in [5.74, 6) is 0. The Hall–Kier alpha value is -4.94. The Labute approximate surface area is 220 Å². The summed E-state index contributed by atoms with van der Waals surface area (Å²) in [4.78, 5) is 0. The van der Waals surface area contributed by atoms with Crippen molar-refractivity contribution in [3.8, 4) is 0 Å². The standard InChI is InChI=1S/C20H12.C18H12/c1-2-8-16-15(7-1)17-9-3-5-13-11-12-14-6-4-10-18(16)20(14)19(13)17;1-3-7-15-13(5-1)9-11-18-16-8-4-2-6-14(16)10-12-17(15)18/h1-12H;1-12H. The fourth-order valence-electron chi connectivity index (χ4n) is 6.33. The number of fused-ring (bicyclic) bond motifs is 8. The van der Waals surface area contributed by atoms with Crippen LogP contribution < -0.4 is 0 Å². The lowest BCUT2D eigenvalue weighted by atomic mass is 9.89. The Morgan fingerprint density at radius 2 is 0.500 bits per heavy atom. The van der Waals surface area contributed by atoms with Gasteiger partial charge in [0.2, 0.25) is 0 Å². The second-order valence-corrected chi connectivity index (χ2v) is 10.1. The van der Waals surface area contributed by atoms with Crippen LogP contribution in [0, 0.1) is 0 Å². The van der Waals surface area contributed by atoms with E-state index in [0.29, 0.717) is 0 Å². The molecule has 0 atom stereocenters. The first-order chi connectivity index (χ1) is 18.9. The Bertz CT molecular complexity index is 2120. The van der Waals surface area contributed by atoms with E-state index < -0.39 is 0 Å². The van der Waals surface area contributed by atoms with E-state index in [-0.39, 0.29) is 0 Å². The maximum atomic E-state index is 2.25. The molecule has 0 radical (unpaired) electrons. The normalized spacial score (nSPS) is 11.7. The monoisotopic (exact) mass is 480 g/mol. The van der Waals surface area contributed by atoms with E-state index in [1.807, 2.05) is 0 Å². The summed E-state index contributed by atoms with van der Waals surface area (Å²) in [6.07, 6.45) is 0. The third-order valence-electron chi connectivity index (χ3n) is 8.04. The van der Waals surface area contributed by atoms with E-state index in [0.717, 1.165) is 0 Å². The molecule has 9 aromatic rings. The SMILES string of the molecule is c1ccc2c(c1)c1cccc3ccc4cccc2c4c31.c1ccc2c(c1)ccc1c3ccccc3ccc21. The molecule has 0 aliphatic carbocycles. The van der Waals surface area contributed by atoms with Gasteiger partial charge in [-0.05, 0) is 75.4 Å². The lowest BCUT2D eigenvalue weighted by Gasteiger charge is -2.14. The molecule has 0 unspecified atom stereocenters. The van der Waals surface area contributed by atoms with Crippen LogP contribution in [0.15, 0.2) is 146 Å². The van der Waals surface area contributed by atoms with Crippen molar-refractivity contribution < 1.29 is 0 Å². The Morgan fingerprint density at radius 1 is 0.184 bits per heavy atom. The van der Waals surface area contributed by atoms with E-state index >= 15 is 0 Å². The molecule has 0 heterocycles. The van der Waals surface area contributed by atoms with Gasteiger partial charge < -0.3 is 0 Å². The van der Waals surface area contributed by atoms with Crippen LogP contribution in [0.25, 0.3) is 75.4 Å². The predicted molar refractivity (Wildman–Crippen MR) is 167 cm³/mol. The summed E-state index contributed by atoms with van der Waals surface area (Å²) in [5, 5.41) is 18.9. The van der Waals surface area contributed by atoms with Crippen molar-refractivity contribution in [2.75, 3.05) is 0 Å². The van der Waals surface area contributed by atoms with Crippen molar-refractivity contribution in [3.05, 3.63) is 146 Å². The lowest BCUT2D eigenvalue weighted by Crippen LogP contribution is -1.86. The Balaban J connectivity index is 0.000000119. The Morgan fingerprint density at radius 3 is 0.974 bits per heavy atom. The zero-order chi connectivity index (χ0) is 25.1. The van der Waals surface area contributed by atoms with Gasteiger partial charge in [-0.15, -0.1) is 0 Å². The van der Waals surface area contributed by atoms with E-state index in [1.54, 1.807) is 0 Å². The van der Waals surface area contributed by atoms with Crippen LogP contribution in [0.2, 0.25) is 0 Å². The smallest absolute Gasteiger partial charge is 0.00203 e. The molecule has 9 rings (SSSR count). The van der Waals surface area contributed by atoms with Crippen molar-refractivity contribution in [2.24, 2.45) is 0 Å². The van der Waals surface area contributed by atoms with Gasteiger partial charge in [0.05, 0.1) is 0 Å². The highest BCUT2D eigenvalue weighted by Gasteiger charge is 2.11. The van der Waals surface area contributed by atoms with Crippen LogP contribution in [0.1, 0.15) is 0 Å². The van der Waals surface area contributed by atoms with Crippen LogP contribution in [-0.4, -0.2) is 0 Å². The van der Waals surface area contributed by atoms with Crippen molar-refractivity contribution in [3.63, 3.8) is 0 Å². The first-order valence-electron chi connectivity index (χ1n) is 13.2. The number of hydrogen-bond donors (Lipinski definition) is 0. The molecular weight excluding hydrogens is 456 g/mol. The average molecular weight is 481 g/mol. The molecule has 0 aliphatic heterocycles. The molecular formula is C38H24. The van der Waals surface area contributed by atoms with E-state index in [9.17, 15) is 0 Å². The average Bonchev–Trinajstić information content (AvgIpc) is 3.00. The number of hydrogen-bond acceptors (Lipinski definition) is 0. The van der Waals surface area contributed by atoms with Gasteiger partial charge in [-0.3, -0.25) is 0 Å². The van der Waals surface area contributed by atoms with Crippen molar-refractivity contribution >= 4 is 75.4 Å². The fraction of sp³-hybridized carbons (Fsp3) is 0. The second kappa shape index (κ2) is 8.30. The molecule has 0 saturated heterocycles. The van der Waals surface area contributed by atoms with Crippen LogP contribution >= 0.6 is 0 Å². The van der Waals surface area contributed by atoms with Crippen LogP contribution in [0.4, 0.5) is 0 Å². The molecule has 0 bridgehead atoms. The third-order valence-corrected chi connectivity index (χ3v) is 8.04. The van der Waals surface area contributed by atoms with Gasteiger partial charge in [0, 0.05) is 0 Å². The topological polar surface area (TPSA) is 0 Å². The zero-order valence-corrected chi connectivity index (χ0v) is 20.9. The quantitative estimate of drug-likeness (QED) is 0.150. The van der Waals surface area contributed by atoms with Gasteiger partial charge >= 0.3 is 0 Å². The van der Waals surface area contributed by atoms with Gasteiger partial charge in [-0.2, -0.15) is 0 Å². The Kier molecular flexibility index (Phi) is 4.62. The summed E-state index contributed by atoms with van der Waals surface area (Å²) in [7, 11) is 0. The van der Waals surface area contributed by atoms with Crippen LogP contribution in [0.5, 0.6) is 0 Å². The molecule has 0 fully saturated rings. The molecule has 9 aromatic carbocycles. The van der Waals surface area contributed by atoms with Gasteiger partial charge in [0.15, 0.2) is 0 Å². The first-order valence-corrected chi connectivity index (χ1v) is 13.2. The molecule has 0 aromatic heterocycles. The molecule has 0 saturated carbocycles. The highest BCUT2D eigenvalue weighted by Crippen LogP contribution is 2.40. The summed E-state index contributed by atoms with van der Waals surface area (Å²) in [5.41, 5.74) is 0. The maximum Gasteiger partial charge on any atom is -0.00203 e.